The molecule has 2 heterocycles. The highest BCUT2D eigenvalue weighted by Crippen LogP contribution is 2.30. The van der Waals surface area contributed by atoms with Gasteiger partial charge in [0.25, 0.3) is 0 Å². The minimum Gasteiger partial charge on any atom is -0.497 e. The molecule has 1 saturated heterocycles. The number of amides is 2. The number of benzene rings is 2. The Balaban J connectivity index is 1.52. The topological polar surface area (TPSA) is 95.1 Å². The van der Waals surface area contributed by atoms with Crippen molar-refractivity contribution in [1.29, 1.82) is 0 Å². The average molecular weight is 447 g/mol. The molecule has 2 atom stereocenters. The lowest BCUT2D eigenvalue weighted by Gasteiger charge is -2.32. The minimum absolute atomic E-state index is 0.0473. The summed E-state index contributed by atoms with van der Waals surface area (Å²) in [7, 11) is 1.53. The lowest BCUT2D eigenvalue weighted by molar-refractivity contribution is -0.121. The summed E-state index contributed by atoms with van der Waals surface area (Å²) in [5.41, 5.74) is 6.49. The van der Waals surface area contributed by atoms with Crippen LogP contribution in [0.25, 0.3) is 0 Å². The third-order valence-corrected chi connectivity index (χ3v) is 5.73. The number of hydrogen-bond donors (Lipinski definition) is 3. The van der Waals surface area contributed by atoms with Gasteiger partial charge in [-0.3, -0.25) is 19.9 Å². The van der Waals surface area contributed by atoms with Crippen LogP contribution in [-0.2, 0) is 9.59 Å². The number of anilines is 2. The molecule has 0 spiro atoms. The van der Waals surface area contributed by atoms with E-state index in [1.807, 2.05) is 0 Å². The molecule has 2 aromatic rings. The number of aliphatic imine (C=N–C) groups is 1. The second kappa shape index (κ2) is 9.00. The summed E-state index contributed by atoms with van der Waals surface area (Å²) < 4.78 is 32.3. The van der Waals surface area contributed by atoms with E-state index in [-0.39, 0.29) is 28.4 Å². The number of halogens is 2. The van der Waals surface area contributed by atoms with E-state index < -0.39 is 23.7 Å². The van der Waals surface area contributed by atoms with E-state index in [9.17, 15) is 18.4 Å². The number of hydrogen-bond acceptors (Lipinski definition) is 7. The van der Waals surface area contributed by atoms with Crippen molar-refractivity contribution in [3.8, 4) is 5.75 Å². The maximum Gasteiger partial charge on any atom is 0.241 e. The number of carbonyl (C=O) groups is 2. The summed E-state index contributed by atoms with van der Waals surface area (Å²) in [5, 5.41) is 2.97. The van der Waals surface area contributed by atoms with Crippen LogP contribution in [0.5, 0.6) is 5.75 Å². The molecule has 0 radical (unpaired) electrons. The Morgan fingerprint density at radius 3 is 2.90 bits per heavy atom. The number of rotatable bonds is 5. The number of carbonyl (C=O) groups excluding carboxylic acids is 2. The molecule has 0 bridgehead atoms. The first kappa shape index (κ1) is 21.2. The molecule has 0 aromatic heterocycles. The van der Waals surface area contributed by atoms with Crippen LogP contribution in [0.3, 0.4) is 0 Å². The molecule has 0 saturated carbocycles. The lowest BCUT2D eigenvalue weighted by atomic mass is 10.0. The number of hydrazine groups is 1. The van der Waals surface area contributed by atoms with Crippen LogP contribution in [0, 0.1) is 17.6 Å². The van der Waals surface area contributed by atoms with Crippen molar-refractivity contribution in [2.24, 2.45) is 10.9 Å². The second-order valence-electron chi connectivity index (χ2n) is 6.83. The molecular formula is C20H19F2N5O3S. The first-order valence-corrected chi connectivity index (χ1v) is 10.4. The first-order chi connectivity index (χ1) is 15.0. The molecule has 3 N–H and O–H groups in total. The highest BCUT2D eigenvalue weighted by molar-refractivity contribution is 8.14. The molecule has 2 aromatic carbocycles. The molecule has 0 aliphatic carbocycles. The van der Waals surface area contributed by atoms with Crippen LogP contribution >= 0.6 is 11.8 Å². The van der Waals surface area contributed by atoms with E-state index in [2.05, 4.69) is 21.2 Å². The first-order valence-electron chi connectivity index (χ1n) is 9.38. The van der Waals surface area contributed by atoms with Crippen LogP contribution in [0.15, 0.2) is 47.5 Å². The van der Waals surface area contributed by atoms with Crippen molar-refractivity contribution in [1.82, 2.24) is 10.9 Å². The van der Waals surface area contributed by atoms with Crippen molar-refractivity contribution < 1.29 is 23.1 Å². The number of nitrogens with one attached hydrogen (secondary N) is 3. The van der Waals surface area contributed by atoms with Gasteiger partial charge in [0, 0.05) is 24.4 Å². The van der Waals surface area contributed by atoms with Gasteiger partial charge in [0.2, 0.25) is 11.8 Å². The van der Waals surface area contributed by atoms with Crippen molar-refractivity contribution in [3.63, 3.8) is 0 Å². The molecule has 4 rings (SSSR count). The van der Waals surface area contributed by atoms with Crippen LogP contribution in [-0.4, -0.2) is 42.6 Å². The van der Waals surface area contributed by atoms with Gasteiger partial charge in [-0.25, -0.2) is 19.2 Å². The van der Waals surface area contributed by atoms with E-state index in [1.165, 1.54) is 18.1 Å². The molecule has 1 fully saturated rings. The third kappa shape index (κ3) is 4.53. The minimum atomic E-state index is -1.07. The zero-order valence-corrected chi connectivity index (χ0v) is 17.2. The van der Waals surface area contributed by atoms with Crippen molar-refractivity contribution in [2.45, 2.75) is 6.17 Å². The van der Waals surface area contributed by atoms with E-state index in [0.29, 0.717) is 18.0 Å². The largest absolute Gasteiger partial charge is 0.497 e. The van der Waals surface area contributed by atoms with E-state index >= 15 is 0 Å². The summed E-state index contributed by atoms with van der Waals surface area (Å²) in [6, 6.07) is 10.1. The molecule has 11 heteroatoms. The zero-order valence-electron chi connectivity index (χ0n) is 16.4. The maximum atomic E-state index is 13.8. The highest BCUT2D eigenvalue weighted by Gasteiger charge is 2.42. The number of nitrogens with zero attached hydrogens (tertiary/aromatic N) is 2. The quantitative estimate of drug-likeness (QED) is 0.650. The molecule has 2 amide bonds. The molecule has 31 heavy (non-hydrogen) atoms. The Labute approximate surface area is 181 Å². The van der Waals surface area contributed by atoms with Gasteiger partial charge in [-0.2, -0.15) is 0 Å². The number of thioether (sulfide) groups is 1. The molecule has 2 unspecified atom stereocenters. The van der Waals surface area contributed by atoms with Crippen LogP contribution in [0.4, 0.5) is 20.2 Å². The van der Waals surface area contributed by atoms with Gasteiger partial charge in [0.15, 0.2) is 16.8 Å². The third-order valence-electron chi connectivity index (χ3n) is 4.78. The number of ether oxygens (including phenoxy) is 1. The lowest BCUT2D eigenvalue weighted by Crippen LogP contribution is -2.49. The summed E-state index contributed by atoms with van der Waals surface area (Å²) in [4.78, 5) is 31.2. The van der Waals surface area contributed by atoms with Gasteiger partial charge in [-0.05, 0) is 24.3 Å². The van der Waals surface area contributed by atoms with Crippen LogP contribution in [0.1, 0.15) is 0 Å². The van der Waals surface area contributed by atoms with Crippen molar-refractivity contribution in [2.75, 3.05) is 29.6 Å². The predicted molar refractivity (Wildman–Crippen MR) is 114 cm³/mol. The molecule has 162 valence electrons. The zero-order chi connectivity index (χ0) is 22.0. The predicted octanol–water partition coefficient (Wildman–Crippen LogP) is 2.10. The SMILES string of the molecule is COc1cccc(NC(=O)CSC2=NC3NNCC3C(=O)N2c2ccc(F)c(F)c2)c1. The monoisotopic (exact) mass is 447 g/mol. The van der Waals surface area contributed by atoms with Gasteiger partial charge < -0.3 is 10.1 Å². The Morgan fingerprint density at radius 2 is 2.13 bits per heavy atom. The van der Waals surface area contributed by atoms with Gasteiger partial charge in [-0.15, -0.1) is 0 Å². The molecule has 2 aliphatic rings. The van der Waals surface area contributed by atoms with E-state index in [4.69, 9.17) is 4.74 Å². The van der Waals surface area contributed by atoms with Gasteiger partial charge in [0.1, 0.15) is 11.9 Å². The number of methoxy groups -OCH3 is 1. The summed E-state index contributed by atoms with van der Waals surface area (Å²) in [6.45, 7) is 0.349. The Bertz CT molecular complexity index is 1050. The molecule has 2 aliphatic heterocycles. The summed E-state index contributed by atoms with van der Waals surface area (Å²) >= 11 is 1.03. The van der Waals surface area contributed by atoms with Crippen molar-refractivity contribution in [3.05, 3.63) is 54.1 Å². The van der Waals surface area contributed by atoms with E-state index in [1.54, 1.807) is 24.3 Å². The smallest absolute Gasteiger partial charge is 0.241 e. The Kier molecular flexibility index (Phi) is 6.16. The normalized spacial score (nSPS) is 20.3. The van der Waals surface area contributed by atoms with Crippen LogP contribution < -0.4 is 25.8 Å². The van der Waals surface area contributed by atoms with Gasteiger partial charge >= 0.3 is 0 Å². The fraction of sp³-hybridized carbons (Fsp3) is 0.250. The standard InChI is InChI=1S/C20H19F2N5O3S/c1-30-13-4-2-3-11(7-13)24-17(28)10-31-20-25-18-14(9-23-26-18)19(29)27(20)12-5-6-15(21)16(22)8-12/h2-8,14,18,23,26H,9-10H2,1H3,(H,24,28). The van der Waals surface area contributed by atoms with Crippen molar-refractivity contribution >= 4 is 40.1 Å². The maximum absolute atomic E-state index is 13.8. The van der Waals surface area contributed by atoms with E-state index in [0.717, 1.165) is 23.9 Å². The summed E-state index contributed by atoms with van der Waals surface area (Å²) in [6.07, 6.45) is -0.502. The number of amidine groups is 1. The van der Waals surface area contributed by atoms with Gasteiger partial charge in [-0.1, -0.05) is 17.8 Å². The number of fused-ring (bicyclic) bond motifs is 1. The Morgan fingerprint density at radius 1 is 1.29 bits per heavy atom. The molecular weight excluding hydrogens is 428 g/mol. The second-order valence-corrected chi connectivity index (χ2v) is 7.77. The fourth-order valence-electron chi connectivity index (χ4n) is 3.26. The van der Waals surface area contributed by atoms with Crippen LogP contribution in [0.2, 0.25) is 0 Å². The fourth-order valence-corrected chi connectivity index (χ4v) is 4.10. The highest BCUT2D eigenvalue weighted by atomic mass is 32.2. The van der Waals surface area contributed by atoms with Gasteiger partial charge in [0.05, 0.1) is 24.5 Å². The molecule has 8 nitrogen and oxygen atoms in total. The Hall–Kier alpha value is -3.02. The average Bonchev–Trinajstić information content (AvgIpc) is 3.24. The summed E-state index contributed by atoms with van der Waals surface area (Å²) in [5.74, 6) is -2.67.